The number of carbonyl (C=O) groups is 3. The summed E-state index contributed by atoms with van der Waals surface area (Å²) in [5.74, 6) is -2.26. The number of nitrogens with zero attached hydrogens (tertiary/aromatic N) is 1. The highest BCUT2D eigenvalue weighted by atomic mass is 32.1. The van der Waals surface area contributed by atoms with Gasteiger partial charge < -0.3 is 5.11 Å². The average Bonchev–Trinajstić information content (AvgIpc) is 2.89. The van der Waals surface area contributed by atoms with Crippen LogP contribution in [0, 0.1) is 5.92 Å². The molecule has 0 spiro atoms. The fraction of sp³-hybridized carbons (Fsp3) is 0.417. The smallest absolute Gasteiger partial charge is 0.307 e. The van der Waals surface area contributed by atoms with E-state index in [1.165, 1.54) is 11.3 Å². The molecule has 20 heavy (non-hydrogen) atoms. The Morgan fingerprint density at radius 3 is 2.65 bits per heavy atom. The van der Waals surface area contributed by atoms with Crippen LogP contribution in [0.2, 0.25) is 0 Å². The minimum atomic E-state index is -0.914. The van der Waals surface area contributed by atoms with Crippen molar-refractivity contribution in [3.63, 3.8) is 0 Å². The van der Waals surface area contributed by atoms with Gasteiger partial charge in [-0.15, -0.1) is 11.3 Å². The van der Waals surface area contributed by atoms with Gasteiger partial charge in [0, 0.05) is 6.54 Å². The molecule has 1 aromatic heterocycles. The Hall–Kier alpha value is -1.93. The molecule has 0 radical (unpaired) electrons. The summed E-state index contributed by atoms with van der Waals surface area (Å²) in [6.45, 7) is 1.82. The van der Waals surface area contributed by atoms with Crippen LogP contribution >= 0.6 is 11.3 Å². The molecule has 0 fully saturated rings. The van der Waals surface area contributed by atoms with Gasteiger partial charge in [0.25, 0.3) is 11.8 Å². The summed E-state index contributed by atoms with van der Waals surface area (Å²) in [7, 11) is 1.64. The molecular weight excluding hydrogens is 282 g/mol. The van der Waals surface area contributed by atoms with Crippen molar-refractivity contribution < 1.29 is 19.5 Å². The number of carboxylic acid groups (broad SMARTS) is 1. The van der Waals surface area contributed by atoms with Gasteiger partial charge >= 0.3 is 5.97 Å². The second-order valence-electron chi connectivity index (χ2n) is 4.42. The fourth-order valence-corrected chi connectivity index (χ4v) is 2.11. The molecule has 1 heterocycles. The molecule has 3 N–H and O–H groups in total. The number of aliphatic carboxylic acids is 1. The van der Waals surface area contributed by atoms with Crippen molar-refractivity contribution in [3.05, 3.63) is 22.4 Å². The molecular formula is C12H17N3O4S. The lowest BCUT2D eigenvalue weighted by Crippen LogP contribution is -2.46. The van der Waals surface area contributed by atoms with E-state index in [0.717, 1.165) is 0 Å². The fourth-order valence-electron chi connectivity index (χ4n) is 1.49. The van der Waals surface area contributed by atoms with Crippen LogP contribution in [-0.2, 0) is 9.59 Å². The topological polar surface area (TPSA) is 98.7 Å². The van der Waals surface area contributed by atoms with Crippen molar-refractivity contribution in [2.45, 2.75) is 6.92 Å². The van der Waals surface area contributed by atoms with Crippen LogP contribution in [0.25, 0.3) is 0 Å². The normalized spacial score (nSPS) is 11.9. The number of carbonyl (C=O) groups excluding carboxylic acids is 2. The van der Waals surface area contributed by atoms with Crippen molar-refractivity contribution in [2.75, 3.05) is 20.1 Å². The van der Waals surface area contributed by atoms with Crippen molar-refractivity contribution in [2.24, 2.45) is 5.92 Å². The third-order valence-corrected chi connectivity index (χ3v) is 3.35. The zero-order chi connectivity index (χ0) is 15.1. The van der Waals surface area contributed by atoms with Gasteiger partial charge in [-0.05, 0) is 18.5 Å². The Labute approximate surface area is 120 Å². The van der Waals surface area contributed by atoms with Crippen LogP contribution in [0.1, 0.15) is 16.6 Å². The lowest BCUT2D eigenvalue weighted by molar-refractivity contribution is -0.142. The molecule has 1 aromatic rings. The van der Waals surface area contributed by atoms with Crippen molar-refractivity contribution in [1.82, 2.24) is 15.8 Å². The summed E-state index contributed by atoms with van der Waals surface area (Å²) in [6.07, 6.45) is 0. The summed E-state index contributed by atoms with van der Waals surface area (Å²) in [5, 5.41) is 10.5. The molecule has 0 bridgehead atoms. The van der Waals surface area contributed by atoms with Crippen LogP contribution in [0.15, 0.2) is 17.5 Å². The van der Waals surface area contributed by atoms with E-state index in [-0.39, 0.29) is 19.0 Å². The molecule has 1 unspecified atom stereocenters. The van der Waals surface area contributed by atoms with Gasteiger partial charge in [-0.25, -0.2) is 0 Å². The number of thiophene rings is 1. The van der Waals surface area contributed by atoms with Crippen LogP contribution < -0.4 is 10.9 Å². The van der Waals surface area contributed by atoms with Crippen molar-refractivity contribution >= 4 is 29.1 Å². The monoisotopic (exact) mass is 299 g/mol. The predicted molar refractivity (Wildman–Crippen MR) is 74.2 cm³/mol. The number of hydrogen-bond acceptors (Lipinski definition) is 5. The molecule has 7 nitrogen and oxygen atoms in total. The van der Waals surface area contributed by atoms with E-state index in [0.29, 0.717) is 4.88 Å². The predicted octanol–water partition coefficient (Wildman–Crippen LogP) is 0.162. The van der Waals surface area contributed by atoms with Crippen molar-refractivity contribution in [1.29, 1.82) is 0 Å². The van der Waals surface area contributed by atoms with Crippen LogP contribution in [-0.4, -0.2) is 47.9 Å². The second-order valence-corrected chi connectivity index (χ2v) is 5.36. The first-order valence-electron chi connectivity index (χ1n) is 5.94. The zero-order valence-electron chi connectivity index (χ0n) is 11.3. The Balaban J connectivity index is 2.29. The Kier molecular flexibility index (Phi) is 6.13. The Morgan fingerprint density at radius 2 is 2.10 bits per heavy atom. The number of amides is 2. The molecule has 0 saturated heterocycles. The standard InChI is InChI=1S/C12H17N3O4S/c1-8(12(18)19)6-15(2)7-10(16)13-14-11(17)9-4-3-5-20-9/h3-5,8H,6-7H2,1-2H3,(H,13,16)(H,14,17)(H,18,19). The lowest BCUT2D eigenvalue weighted by atomic mass is 10.2. The third-order valence-electron chi connectivity index (χ3n) is 2.48. The quantitative estimate of drug-likeness (QED) is 0.650. The summed E-state index contributed by atoms with van der Waals surface area (Å²) in [5.41, 5.74) is 4.58. The van der Waals surface area contributed by atoms with Gasteiger partial charge in [0.1, 0.15) is 0 Å². The molecule has 2 amide bonds. The van der Waals surface area contributed by atoms with E-state index in [1.807, 2.05) is 0 Å². The van der Waals surface area contributed by atoms with Crippen LogP contribution in [0.4, 0.5) is 0 Å². The molecule has 8 heteroatoms. The maximum Gasteiger partial charge on any atom is 0.307 e. The molecule has 1 rings (SSSR count). The van der Waals surface area contributed by atoms with E-state index in [4.69, 9.17) is 5.11 Å². The largest absolute Gasteiger partial charge is 0.481 e. The number of hydrazine groups is 1. The number of nitrogens with one attached hydrogen (secondary N) is 2. The van der Waals surface area contributed by atoms with E-state index < -0.39 is 17.8 Å². The summed E-state index contributed by atoms with van der Waals surface area (Å²) in [4.78, 5) is 35.9. The minimum Gasteiger partial charge on any atom is -0.481 e. The molecule has 0 aliphatic heterocycles. The number of hydrogen-bond donors (Lipinski definition) is 3. The van der Waals surface area contributed by atoms with E-state index >= 15 is 0 Å². The number of rotatable bonds is 6. The number of carboxylic acids is 1. The van der Waals surface area contributed by atoms with Crippen LogP contribution in [0.5, 0.6) is 0 Å². The highest BCUT2D eigenvalue weighted by molar-refractivity contribution is 7.12. The molecule has 0 saturated carbocycles. The van der Waals surface area contributed by atoms with Crippen LogP contribution in [0.3, 0.4) is 0 Å². The molecule has 0 aliphatic carbocycles. The van der Waals surface area contributed by atoms with Gasteiger partial charge in [-0.2, -0.15) is 0 Å². The highest BCUT2D eigenvalue weighted by Gasteiger charge is 2.16. The average molecular weight is 299 g/mol. The first kappa shape index (κ1) is 16.1. The summed E-state index contributed by atoms with van der Waals surface area (Å²) in [6, 6.07) is 3.38. The maximum atomic E-state index is 11.6. The Morgan fingerprint density at radius 1 is 1.40 bits per heavy atom. The van der Waals surface area contributed by atoms with Gasteiger partial charge in [-0.1, -0.05) is 13.0 Å². The maximum absolute atomic E-state index is 11.6. The number of likely N-dealkylation sites (N-methyl/N-ethyl adjacent to an activating group) is 1. The van der Waals surface area contributed by atoms with Gasteiger partial charge in [-0.3, -0.25) is 30.1 Å². The molecule has 1 atom stereocenters. The molecule has 0 aliphatic rings. The van der Waals surface area contributed by atoms with Gasteiger partial charge in [0.15, 0.2) is 0 Å². The molecule has 0 aromatic carbocycles. The van der Waals surface area contributed by atoms with E-state index in [9.17, 15) is 14.4 Å². The van der Waals surface area contributed by atoms with Crippen molar-refractivity contribution in [3.8, 4) is 0 Å². The Bertz CT molecular complexity index is 475. The van der Waals surface area contributed by atoms with Gasteiger partial charge in [0.2, 0.25) is 0 Å². The first-order valence-corrected chi connectivity index (χ1v) is 6.82. The first-order chi connectivity index (χ1) is 9.40. The highest BCUT2D eigenvalue weighted by Crippen LogP contribution is 2.06. The van der Waals surface area contributed by atoms with E-state index in [1.54, 1.807) is 36.4 Å². The molecule has 110 valence electrons. The summed E-state index contributed by atoms with van der Waals surface area (Å²) >= 11 is 1.27. The van der Waals surface area contributed by atoms with E-state index in [2.05, 4.69) is 10.9 Å². The minimum absolute atomic E-state index is 0.00232. The third kappa shape index (κ3) is 5.37. The second kappa shape index (κ2) is 7.61. The SMILES string of the molecule is CC(CN(C)CC(=O)NNC(=O)c1cccs1)C(=O)O. The zero-order valence-corrected chi connectivity index (χ0v) is 12.1. The lowest BCUT2D eigenvalue weighted by Gasteiger charge is -2.18. The summed E-state index contributed by atoms with van der Waals surface area (Å²) < 4.78 is 0. The van der Waals surface area contributed by atoms with Gasteiger partial charge in [0.05, 0.1) is 17.3 Å².